The largest absolute Gasteiger partial charge is 0.492 e. The van der Waals surface area contributed by atoms with Gasteiger partial charge in [-0.2, -0.15) is 5.10 Å². The zero-order valence-electron chi connectivity index (χ0n) is 48.0. The summed E-state index contributed by atoms with van der Waals surface area (Å²) in [6.07, 6.45) is 5.69. The Bertz CT molecular complexity index is 3450. The number of H-pyrrole nitrogens is 2. The number of nitrogens with zero attached hydrogens (tertiary/aromatic N) is 11. The van der Waals surface area contributed by atoms with E-state index in [1.807, 2.05) is 43.6 Å². The molecule has 6 aromatic rings. The van der Waals surface area contributed by atoms with E-state index in [4.69, 9.17) is 9.72 Å². The van der Waals surface area contributed by atoms with Gasteiger partial charge in [0, 0.05) is 142 Å². The van der Waals surface area contributed by atoms with Crippen LogP contribution in [0, 0.1) is 19.7 Å². The van der Waals surface area contributed by atoms with Gasteiger partial charge in [-0.25, -0.2) is 32.7 Å². The number of nitrogens with one attached hydrogen (secondary N) is 4. The number of benzene rings is 2. The second kappa shape index (κ2) is 23.1. The number of pyridine rings is 1. The quantitative estimate of drug-likeness (QED) is 0.0910. The molecule has 10 rings (SSSR count). The maximum absolute atomic E-state index is 14.4. The van der Waals surface area contributed by atoms with Gasteiger partial charge in [-0.15, -0.1) is 0 Å². The zero-order valence-corrected chi connectivity index (χ0v) is 48.8. The van der Waals surface area contributed by atoms with Crippen LogP contribution in [0.2, 0.25) is 0 Å². The summed E-state index contributed by atoms with van der Waals surface area (Å²) in [7, 11) is -3.83. The number of rotatable bonds is 16. The fraction of sp³-hybridized carbons (Fsp3) is 0.517. The van der Waals surface area contributed by atoms with E-state index in [1.54, 1.807) is 57.4 Å². The van der Waals surface area contributed by atoms with Crippen molar-refractivity contribution in [2.24, 2.45) is 0 Å². The highest BCUT2D eigenvalue weighted by Crippen LogP contribution is 2.40. The van der Waals surface area contributed by atoms with Gasteiger partial charge in [0.1, 0.15) is 40.1 Å². The highest BCUT2D eigenvalue weighted by molar-refractivity contribution is 7.92. The van der Waals surface area contributed by atoms with Gasteiger partial charge < -0.3 is 35.1 Å². The van der Waals surface area contributed by atoms with Crippen molar-refractivity contribution >= 4 is 55.7 Å². The van der Waals surface area contributed by atoms with Gasteiger partial charge in [0.05, 0.1) is 41.5 Å². The van der Waals surface area contributed by atoms with Crippen molar-refractivity contribution in [2.75, 3.05) is 107 Å². The second-order valence-electron chi connectivity index (χ2n) is 23.9. The molecule has 4 aromatic heterocycles. The van der Waals surface area contributed by atoms with Gasteiger partial charge in [0.25, 0.3) is 11.5 Å². The number of halogens is 1. The number of carbonyl (C=O) groups excluding carboxylic acids is 2. The number of piperazine rings is 3. The van der Waals surface area contributed by atoms with E-state index >= 15 is 0 Å². The number of aromatic nitrogens is 7. The molecule has 2 aromatic carbocycles. The van der Waals surface area contributed by atoms with Crippen LogP contribution in [0.4, 0.5) is 27.5 Å². The number of hydrogen-bond donors (Lipinski definition) is 4. The first-order valence-corrected chi connectivity index (χ1v) is 29.6. The molecule has 0 aliphatic carbocycles. The lowest BCUT2D eigenvalue weighted by Crippen LogP contribution is -2.63. The second-order valence-corrected chi connectivity index (χ2v) is 26.6. The van der Waals surface area contributed by atoms with Crippen molar-refractivity contribution < 1.29 is 27.1 Å². The molecule has 0 saturated carbocycles. The molecule has 432 valence electrons. The van der Waals surface area contributed by atoms with Gasteiger partial charge in [0.15, 0.2) is 15.7 Å². The molecule has 4 aliphatic heterocycles. The van der Waals surface area contributed by atoms with Gasteiger partial charge in [-0.1, -0.05) is 26.0 Å². The van der Waals surface area contributed by atoms with E-state index < -0.39 is 20.0 Å². The number of amides is 2. The Hall–Kier alpha value is -6.92. The predicted molar refractivity (Wildman–Crippen MR) is 310 cm³/mol. The van der Waals surface area contributed by atoms with Gasteiger partial charge in [-0.3, -0.25) is 34.2 Å². The number of sulfone groups is 1. The highest BCUT2D eigenvalue weighted by Gasteiger charge is 2.42. The number of ether oxygens (including phenoxy) is 1. The number of hydrogen-bond acceptors (Lipinski definition) is 17. The third-order valence-electron chi connectivity index (χ3n) is 16.5. The van der Waals surface area contributed by atoms with Crippen LogP contribution in [-0.4, -0.2) is 190 Å². The highest BCUT2D eigenvalue weighted by atomic mass is 32.2. The lowest BCUT2D eigenvalue weighted by Gasteiger charge is -2.45. The fourth-order valence-electron chi connectivity index (χ4n) is 11.4. The van der Waals surface area contributed by atoms with Crippen molar-refractivity contribution in [1.82, 2.24) is 60.0 Å². The summed E-state index contributed by atoms with van der Waals surface area (Å²) in [6.45, 7) is 25.8. The third kappa shape index (κ3) is 12.3. The van der Waals surface area contributed by atoms with E-state index in [-0.39, 0.29) is 58.5 Å². The van der Waals surface area contributed by atoms with Crippen LogP contribution in [-0.2, 0) is 26.5 Å². The predicted octanol–water partition coefficient (Wildman–Crippen LogP) is 5.22. The molecule has 81 heavy (non-hydrogen) atoms. The summed E-state index contributed by atoms with van der Waals surface area (Å²) in [6, 6.07) is 11.5. The van der Waals surface area contributed by atoms with Crippen molar-refractivity contribution in [3.63, 3.8) is 0 Å². The summed E-state index contributed by atoms with van der Waals surface area (Å²) in [5.41, 5.74) is 4.82. The maximum Gasteiger partial charge on any atom is 0.274 e. The minimum absolute atomic E-state index is 0.0273. The molecule has 0 unspecified atom stereocenters. The Balaban J connectivity index is 0.696. The molecule has 0 radical (unpaired) electrons. The fourth-order valence-corrected chi connectivity index (χ4v) is 12.7. The van der Waals surface area contributed by atoms with Gasteiger partial charge in [-0.05, 0) is 84.7 Å². The Morgan fingerprint density at radius 2 is 1.68 bits per heavy atom. The third-order valence-corrected chi connectivity index (χ3v) is 19.0. The Labute approximate surface area is 473 Å². The number of carbonyl (C=O) groups is 2. The van der Waals surface area contributed by atoms with Crippen molar-refractivity contribution in [2.45, 2.75) is 108 Å². The normalized spacial score (nSPS) is 20.2. The summed E-state index contributed by atoms with van der Waals surface area (Å²) in [5.74, 6) is 1.49. The summed E-state index contributed by atoms with van der Waals surface area (Å²) in [4.78, 5) is 75.8. The Kier molecular flexibility index (Phi) is 16.4. The number of fused-ring (bicyclic) bond motifs is 2. The first-order valence-electron chi connectivity index (χ1n) is 28.1. The number of aromatic amines is 2. The molecule has 2 amide bonds. The topological polar surface area (TPSA) is 234 Å². The van der Waals surface area contributed by atoms with Crippen LogP contribution in [0.5, 0.6) is 5.75 Å². The Morgan fingerprint density at radius 3 is 2.37 bits per heavy atom. The lowest BCUT2D eigenvalue weighted by molar-refractivity contribution is -0.121. The average Bonchev–Trinajstić information content (AvgIpc) is 3.93. The smallest absolute Gasteiger partial charge is 0.274 e. The number of anilines is 4. The zero-order chi connectivity index (χ0) is 57.5. The lowest BCUT2D eigenvalue weighted by atomic mass is 9.91. The molecule has 3 atom stereocenters. The number of aryl methyl sites for hydroxylation is 1. The summed E-state index contributed by atoms with van der Waals surface area (Å²) < 4.78 is 46.8. The molecule has 23 heteroatoms. The molecule has 4 N–H and O–H groups in total. The van der Waals surface area contributed by atoms with E-state index in [0.717, 1.165) is 74.0 Å². The van der Waals surface area contributed by atoms with E-state index in [2.05, 4.69) is 74.2 Å². The van der Waals surface area contributed by atoms with Crippen LogP contribution in [0.15, 0.2) is 70.9 Å². The molecule has 4 aliphatic rings. The molecule has 3 saturated heterocycles. The molecular weight excluding hydrogens is 1050 g/mol. The van der Waals surface area contributed by atoms with Crippen molar-refractivity contribution in [3.8, 4) is 5.75 Å². The monoisotopic (exact) mass is 1130 g/mol. The first kappa shape index (κ1) is 57.3. The van der Waals surface area contributed by atoms with E-state index in [0.29, 0.717) is 91.8 Å². The van der Waals surface area contributed by atoms with E-state index in [9.17, 15) is 27.2 Å². The molecule has 21 nitrogen and oxygen atoms in total. The minimum Gasteiger partial charge on any atom is -0.492 e. The first-order chi connectivity index (χ1) is 38.5. The SMILES string of the molecule is Cc1[nH]nc(Nc2ncnc3cc(OCCCN4CCN(c5cnc(C(=O)N6CCN(C[C@H]7CN[C@H](C)CN7CC(=O)N7CC(C)(C)c8[nH]c(=O)c(Cc9ccc(F)cc9)cc87)[C@H](C)C6)cn5)CC4)c(S(=O)(=O)C(C)(C)C)cc23)c1C. The van der Waals surface area contributed by atoms with Crippen molar-refractivity contribution in [3.05, 3.63) is 111 Å². The van der Waals surface area contributed by atoms with Crippen LogP contribution in [0.25, 0.3) is 10.9 Å². The summed E-state index contributed by atoms with van der Waals surface area (Å²) in [5, 5.41) is 14.7. The van der Waals surface area contributed by atoms with Crippen LogP contribution in [0.1, 0.15) is 93.5 Å². The minimum atomic E-state index is -3.83. The maximum atomic E-state index is 14.4. The average molecular weight is 1130 g/mol. The van der Waals surface area contributed by atoms with Crippen LogP contribution >= 0.6 is 0 Å². The van der Waals surface area contributed by atoms with Crippen LogP contribution < -0.4 is 30.7 Å². The van der Waals surface area contributed by atoms with E-state index in [1.165, 1.54) is 18.5 Å². The van der Waals surface area contributed by atoms with Gasteiger partial charge >= 0.3 is 0 Å². The molecule has 8 heterocycles. The standard InChI is InChI=1S/C58H76FN15O6S/c1-36-30-73(33-51(75)74-34-58(8,9)52-47(74)24-41(55(76)65-52)23-40-11-13-42(59)14-12-40)43(27-60-36)32-71-20-21-72(31-37(71)2)56(77)46-28-62-50(29-61-46)70-18-16-69(17-19-70)15-10-22-80-48-26-45-44(25-49(48)81(78,79)57(5,6)7)54(64-35-63-45)66-53-38(3)39(4)67-68-53/h11-14,24-26,28-29,35-37,43,60H,10,15-23,27,30-34H2,1-9H3,(H,65,76)(H2,63,64,66,67,68)/t36-,37-,43-/m1/s1. The molecule has 3 fully saturated rings. The summed E-state index contributed by atoms with van der Waals surface area (Å²) >= 11 is 0. The molecule has 0 spiro atoms. The molecule has 0 bridgehead atoms. The molecular formula is C58H76FN15O6S. The van der Waals surface area contributed by atoms with Crippen LogP contribution in [0.3, 0.4) is 0 Å². The van der Waals surface area contributed by atoms with Crippen molar-refractivity contribution in [1.29, 1.82) is 0 Å². The van der Waals surface area contributed by atoms with Gasteiger partial charge in [0.2, 0.25) is 5.91 Å². The Morgan fingerprint density at radius 1 is 0.914 bits per heavy atom.